The molecule has 1 amide bonds. The second kappa shape index (κ2) is 10.4. The first-order chi connectivity index (χ1) is 17.3. The summed E-state index contributed by atoms with van der Waals surface area (Å²) < 4.78 is 10.7. The van der Waals surface area contributed by atoms with Crippen LogP contribution < -0.4 is 9.47 Å². The smallest absolute Gasteiger partial charge is 0.296 e. The molecule has 1 aliphatic heterocycles. The van der Waals surface area contributed by atoms with Crippen LogP contribution in [0.15, 0.2) is 66.4 Å². The average molecular weight is 507 g/mol. The lowest BCUT2D eigenvalue weighted by molar-refractivity contribution is -0.140. The fourth-order valence-electron chi connectivity index (χ4n) is 4.31. The van der Waals surface area contributed by atoms with Gasteiger partial charge in [-0.2, -0.15) is 0 Å². The van der Waals surface area contributed by atoms with Crippen molar-refractivity contribution < 1.29 is 24.2 Å². The zero-order valence-corrected chi connectivity index (χ0v) is 21.2. The summed E-state index contributed by atoms with van der Waals surface area (Å²) in [5, 5.41) is 11.8. The molecule has 0 saturated carbocycles. The van der Waals surface area contributed by atoms with Crippen molar-refractivity contribution in [3.05, 3.63) is 93.8 Å². The van der Waals surface area contributed by atoms with Crippen LogP contribution in [0, 0.1) is 0 Å². The number of nitrogens with zero attached hydrogens (tertiary/aromatic N) is 2. The monoisotopic (exact) mass is 506 g/mol. The van der Waals surface area contributed by atoms with E-state index >= 15 is 0 Å². The molecule has 3 aromatic rings. The second-order valence-corrected chi connectivity index (χ2v) is 9.16. The number of Topliss-reactive ketones (excluding diaryl/α,β-unsaturated/α-hetero) is 1. The molecule has 4 rings (SSSR count). The molecule has 0 bridgehead atoms. The highest BCUT2D eigenvalue weighted by Gasteiger charge is 2.46. The lowest BCUT2D eigenvalue weighted by Gasteiger charge is -2.25. The van der Waals surface area contributed by atoms with Crippen LogP contribution in [0.4, 0.5) is 0 Å². The van der Waals surface area contributed by atoms with E-state index in [2.05, 4.69) is 18.8 Å². The van der Waals surface area contributed by atoms with Crippen molar-refractivity contribution >= 4 is 29.1 Å². The molecule has 1 aliphatic rings. The largest absolute Gasteiger partial charge is 0.507 e. The van der Waals surface area contributed by atoms with Crippen molar-refractivity contribution in [2.24, 2.45) is 0 Å². The minimum Gasteiger partial charge on any atom is -0.507 e. The Morgan fingerprint density at radius 1 is 1.06 bits per heavy atom. The molecule has 0 radical (unpaired) electrons. The zero-order chi connectivity index (χ0) is 26.0. The maximum Gasteiger partial charge on any atom is 0.296 e. The molecule has 36 heavy (non-hydrogen) atoms. The molecule has 1 aromatic heterocycles. The van der Waals surface area contributed by atoms with Crippen LogP contribution in [0.2, 0.25) is 5.02 Å². The number of halogens is 1. The number of pyridine rings is 1. The first kappa shape index (κ1) is 25.3. The third-order valence-electron chi connectivity index (χ3n) is 6.25. The Hall–Kier alpha value is -3.84. The molecule has 8 heteroatoms. The van der Waals surface area contributed by atoms with Crippen LogP contribution in [0.25, 0.3) is 5.76 Å². The van der Waals surface area contributed by atoms with Crippen LogP contribution >= 0.6 is 11.6 Å². The number of hydrogen-bond acceptors (Lipinski definition) is 6. The van der Waals surface area contributed by atoms with E-state index in [1.54, 1.807) is 18.3 Å². The molecule has 2 aromatic carbocycles. The number of aliphatic hydroxyl groups is 1. The van der Waals surface area contributed by atoms with Crippen LogP contribution in [0.3, 0.4) is 0 Å². The molecule has 1 fully saturated rings. The van der Waals surface area contributed by atoms with Crippen molar-refractivity contribution in [3.8, 4) is 11.5 Å². The molecule has 2 heterocycles. The van der Waals surface area contributed by atoms with Gasteiger partial charge < -0.3 is 19.5 Å². The summed E-state index contributed by atoms with van der Waals surface area (Å²) >= 11 is 6.24. The number of hydrogen-bond donors (Lipinski definition) is 1. The third kappa shape index (κ3) is 4.66. The predicted molar refractivity (Wildman–Crippen MR) is 137 cm³/mol. The topological polar surface area (TPSA) is 89.0 Å². The average Bonchev–Trinajstić information content (AvgIpc) is 3.13. The van der Waals surface area contributed by atoms with E-state index in [-0.39, 0.29) is 34.2 Å². The Kier molecular flexibility index (Phi) is 7.31. The van der Waals surface area contributed by atoms with E-state index in [1.807, 2.05) is 30.3 Å². The number of likely N-dealkylation sites (tertiary alicyclic amines) is 1. The van der Waals surface area contributed by atoms with Gasteiger partial charge in [0.25, 0.3) is 11.7 Å². The van der Waals surface area contributed by atoms with Gasteiger partial charge in [-0.15, -0.1) is 0 Å². The highest BCUT2D eigenvalue weighted by Crippen LogP contribution is 2.43. The van der Waals surface area contributed by atoms with Gasteiger partial charge in [0.15, 0.2) is 0 Å². The second-order valence-electron chi connectivity index (χ2n) is 8.76. The first-order valence-electron chi connectivity index (χ1n) is 11.5. The quantitative estimate of drug-likeness (QED) is 0.259. The molecular weight excluding hydrogens is 480 g/mol. The zero-order valence-electron chi connectivity index (χ0n) is 20.5. The highest BCUT2D eigenvalue weighted by molar-refractivity contribution is 6.46. The van der Waals surface area contributed by atoms with Gasteiger partial charge in [0.2, 0.25) is 0 Å². The maximum absolute atomic E-state index is 13.4. The van der Waals surface area contributed by atoms with Gasteiger partial charge in [0, 0.05) is 12.3 Å². The number of aromatic nitrogens is 1. The molecule has 1 saturated heterocycles. The summed E-state index contributed by atoms with van der Waals surface area (Å²) in [5.41, 5.74) is 2.57. The van der Waals surface area contributed by atoms with Gasteiger partial charge in [-0.3, -0.25) is 14.6 Å². The fourth-order valence-corrected chi connectivity index (χ4v) is 4.54. The van der Waals surface area contributed by atoms with Crippen molar-refractivity contribution in [2.45, 2.75) is 32.4 Å². The molecule has 0 aliphatic carbocycles. The number of benzene rings is 2. The SMILES string of the molecule is COc1cc(/C(O)=C2\C(=O)C(=O)N(Cc3ccccn3)C2c2ccc(C(C)C)cc2)c(OC)cc1Cl. The van der Waals surface area contributed by atoms with Crippen molar-refractivity contribution in [1.82, 2.24) is 9.88 Å². The van der Waals surface area contributed by atoms with E-state index in [4.69, 9.17) is 21.1 Å². The Labute approximate surface area is 214 Å². The number of carbonyl (C=O) groups excluding carboxylic acids is 2. The number of ketones is 1. The number of carbonyl (C=O) groups is 2. The Morgan fingerprint density at radius 2 is 1.75 bits per heavy atom. The molecule has 1 atom stereocenters. The van der Waals surface area contributed by atoms with Gasteiger partial charge in [-0.25, -0.2) is 0 Å². The van der Waals surface area contributed by atoms with Gasteiger partial charge in [-0.05, 0) is 35.2 Å². The van der Waals surface area contributed by atoms with E-state index in [0.29, 0.717) is 22.9 Å². The summed E-state index contributed by atoms with van der Waals surface area (Å²) in [4.78, 5) is 32.4. The standard InChI is InChI=1S/C28H27ClN2O5/c1-16(2)17-8-10-18(11-9-17)25-24(26(32)20-13-23(36-4)21(29)14-22(20)35-3)27(33)28(34)31(25)15-19-7-5-6-12-30-19/h5-14,16,25,32H,15H2,1-4H3/b26-24+. The first-order valence-corrected chi connectivity index (χ1v) is 11.8. The maximum atomic E-state index is 13.4. The van der Waals surface area contributed by atoms with E-state index in [1.165, 1.54) is 31.3 Å². The Balaban J connectivity index is 1.92. The molecule has 0 spiro atoms. The molecular formula is C28H27ClN2O5. The highest BCUT2D eigenvalue weighted by atomic mass is 35.5. The van der Waals surface area contributed by atoms with Crippen LogP contribution in [-0.2, 0) is 16.1 Å². The molecule has 186 valence electrons. The van der Waals surface area contributed by atoms with Crippen LogP contribution in [-0.4, -0.2) is 40.9 Å². The lowest BCUT2D eigenvalue weighted by Crippen LogP contribution is -2.29. The van der Waals surface area contributed by atoms with Crippen LogP contribution in [0.5, 0.6) is 11.5 Å². The number of methoxy groups -OCH3 is 2. The van der Waals surface area contributed by atoms with E-state index < -0.39 is 17.7 Å². The lowest BCUT2D eigenvalue weighted by atomic mass is 9.93. The van der Waals surface area contributed by atoms with Crippen LogP contribution in [0.1, 0.15) is 48.2 Å². The summed E-state index contributed by atoms with van der Waals surface area (Å²) in [6.07, 6.45) is 1.63. The minimum atomic E-state index is -0.834. The summed E-state index contributed by atoms with van der Waals surface area (Å²) in [5.74, 6) is -1.05. The molecule has 1 N–H and O–H groups in total. The molecule has 1 unspecified atom stereocenters. The predicted octanol–water partition coefficient (Wildman–Crippen LogP) is 5.50. The molecule has 7 nitrogen and oxygen atoms in total. The van der Waals surface area contributed by atoms with Gasteiger partial charge >= 0.3 is 0 Å². The number of amides is 1. The van der Waals surface area contributed by atoms with Gasteiger partial charge in [0.05, 0.1) is 48.7 Å². The summed E-state index contributed by atoms with van der Waals surface area (Å²) in [6, 6.07) is 15.2. The fraction of sp³-hybridized carbons (Fsp3) is 0.250. The summed E-state index contributed by atoms with van der Waals surface area (Å²) in [6.45, 7) is 4.27. The van der Waals surface area contributed by atoms with Crippen molar-refractivity contribution in [1.29, 1.82) is 0 Å². The minimum absolute atomic E-state index is 0.0455. The van der Waals surface area contributed by atoms with Crippen molar-refractivity contribution in [3.63, 3.8) is 0 Å². The van der Waals surface area contributed by atoms with Gasteiger partial charge in [-0.1, -0.05) is 55.8 Å². The summed E-state index contributed by atoms with van der Waals surface area (Å²) in [7, 11) is 2.87. The number of rotatable bonds is 7. The number of aliphatic hydroxyl groups excluding tert-OH is 1. The van der Waals surface area contributed by atoms with E-state index in [0.717, 1.165) is 5.56 Å². The Morgan fingerprint density at radius 3 is 2.33 bits per heavy atom. The van der Waals surface area contributed by atoms with Crippen molar-refractivity contribution in [2.75, 3.05) is 14.2 Å². The van der Waals surface area contributed by atoms with E-state index in [9.17, 15) is 14.7 Å². The normalized spacial score (nSPS) is 17.1. The third-order valence-corrected chi connectivity index (χ3v) is 6.54. The Bertz CT molecular complexity index is 1320. The van der Waals surface area contributed by atoms with Gasteiger partial charge in [0.1, 0.15) is 17.3 Å². The number of ether oxygens (including phenoxy) is 2.